The molecule has 5 aliphatic rings. The number of phenols is 1. The molecule has 0 unspecified atom stereocenters. The molecule has 6 rings (SSSR count). The molecule has 1 spiro atoms. The van der Waals surface area contributed by atoms with Crippen LogP contribution in [-0.2, 0) is 16.6 Å². The molecule has 1 aromatic carbocycles. The second kappa shape index (κ2) is 6.37. The number of phenolic OH excluding ortho intramolecular Hbond substituents is 1. The van der Waals surface area contributed by atoms with Crippen LogP contribution in [0.25, 0.3) is 0 Å². The molecule has 1 saturated carbocycles. The molecule has 2 aliphatic heterocycles. The molecular weight excluding hydrogens is 400 g/mol. The Morgan fingerprint density at radius 1 is 1.29 bits per heavy atom. The van der Waals surface area contributed by atoms with E-state index in [1.807, 2.05) is 6.07 Å². The number of piperidine rings is 1. The molecule has 166 valence electrons. The molecule has 1 saturated heterocycles. The Morgan fingerprint density at radius 3 is 2.84 bits per heavy atom. The van der Waals surface area contributed by atoms with Crippen LogP contribution in [0.4, 0.5) is 0 Å². The summed E-state index contributed by atoms with van der Waals surface area (Å²) >= 11 is 0. The number of aromatic hydroxyl groups is 1. The van der Waals surface area contributed by atoms with Crippen LogP contribution in [0, 0.1) is 5.92 Å². The molecule has 8 nitrogen and oxygen atoms in total. The van der Waals surface area contributed by atoms with Crippen molar-refractivity contribution in [3.63, 3.8) is 0 Å². The van der Waals surface area contributed by atoms with Crippen molar-refractivity contribution in [2.45, 2.75) is 55.3 Å². The number of rotatable bonds is 5. The fourth-order valence-electron chi connectivity index (χ4n) is 6.64. The van der Waals surface area contributed by atoms with E-state index in [0.29, 0.717) is 24.5 Å². The smallest absolute Gasteiger partial charge is 0.250 e. The zero-order valence-corrected chi connectivity index (χ0v) is 17.3. The number of ether oxygens (including phenoxy) is 1. The van der Waals surface area contributed by atoms with E-state index in [9.17, 15) is 20.1 Å². The summed E-state index contributed by atoms with van der Waals surface area (Å²) in [6, 6.07) is 3.31. The van der Waals surface area contributed by atoms with Crippen LogP contribution in [-0.4, -0.2) is 75.2 Å². The molecule has 2 fully saturated rings. The second-order valence-corrected chi connectivity index (χ2v) is 9.77. The summed E-state index contributed by atoms with van der Waals surface area (Å²) in [5.41, 5.74) is -0.278. The highest BCUT2D eigenvalue weighted by atomic mass is 16.5. The Balaban J connectivity index is 1.53. The third-order valence-electron chi connectivity index (χ3n) is 8.19. The van der Waals surface area contributed by atoms with Crippen LogP contribution in [0.3, 0.4) is 0 Å². The first-order chi connectivity index (χ1) is 14.9. The highest BCUT2D eigenvalue weighted by molar-refractivity contribution is 5.95. The second-order valence-electron chi connectivity index (χ2n) is 9.77. The van der Waals surface area contributed by atoms with Gasteiger partial charge in [-0.3, -0.25) is 9.69 Å². The van der Waals surface area contributed by atoms with Gasteiger partial charge in [0.15, 0.2) is 17.6 Å². The van der Waals surface area contributed by atoms with Crippen LogP contribution in [0.15, 0.2) is 23.5 Å². The summed E-state index contributed by atoms with van der Waals surface area (Å²) in [6.07, 6.45) is 2.70. The normalized spacial score (nSPS) is 35.5. The first kappa shape index (κ1) is 19.4. The van der Waals surface area contributed by atoms with Crippen LogP contribution in [0.5, 0.6) is 11.5 Å². The lowest BCUT2D eigenvalue weighted by Crippen LogP contribution is -2.75. The van der Waals surface area contributed by atoms with Crippen molar-refractivity contribution in [1.82, 2.24) is 10.2 Å². The molecule has 3 aliphatic carbocycles. The largest absolute Gasteiger partial charge is 0.508 e. The van der Waals surface area contributed by atoms with Gasteiger partial charge in [-0.1, -0.05) is 6.07 Å². The Labute approximate surface area is 180 Å². The molecule has 5 N–H and O–H groups in total. The number of nitrogens with one attached hydrogen (secondary N) is 1. The average Bonchev–Trinajstić information content (AvgIpc) is 3.49. The predicted octanol–water partition coefficient (Wildman–Crippen LogP) is 0.487. The highest BCUT2D eigenvalue weighted by Crippen LogP contribution is 2.66. The summed E-state index contributed by atoms with van der Waals surface area (Å²) in [6.45, 7) is 1.55. The minimum atomic E-state index is -1.31. The zero-order chi connectivity index (χ0) is 21.5. The van der Waals surface area contributed by atoms with E-state index in [2.05, 4.69) is 10.2 Å². The SMILES string of the molecule is O=C(NCCO)C1=C(O)[C@@H]2Oc3c(O)ccc4c3[C@@]23CCN(CC2CC2)[C@H](C4)[C@]3(O)C1. The summed E-state index contributed by atoms with van der Waals surface area (Å²) in [7, 11) is 0. The molecule has 2 heterocycles. The number of aliphatic hydroxyl groups is 3. The molecule has 1 amide bonds. The van der Waals surface area contributed by atoms with Gasteiger partial charge < -0.3 is 30.5 Å². The van der Waals surface area contributed by atoms with Crippen LogP contribution < -0.4 is 10.1 Å². The minimum absolute atomic E-state index is 0.0102. The van der Waals surface area contributed by atoms with Gasteiger partial charge in [-0.05, 0) is 49.8 Å². The Kier molecular flexibility index (Phi) is 3.99. The topological polar surface area (TPSA) is 122 Å². The molecule has 1 aromatic rings. The lowest BCUT2D eigenvalue weighted by Gasteiger charge is -2.62. The number of carbonyl (C=O) groups is 1. The number of benzene rings is 1. The number of hydrogen-bond acceptors (Lipinski definition) is 7. The van der Waals surface area contributed by atoms with Crippen LogP contribution >= 0.6 is 0 Å². The fourth-order valence-corrected chi connectivity index (χ4v) is 6.64. The molecule has 0 radical (unpaired) electrons. The van der Waals surface area contributed by atoms with Crippen molar-refractivity contribution in [3.8, 4) is 11.5 Å². The van der Waals surface area contributed by atoms with Crippen molar-refractivity contribution < 1.29 is 30.0 Å². The zero-order valence-electron chi connectivity index (χ0n) is 17.3. The molecule has 8 heteroatoms. The van der Waals surface area contributed by atoms with Crippen molar-refractivity contribution in [2.24, 2.45) is 5.92 Å². The third kappa shape index (κ3) is 2.38. The van der Waals surface area contributed by atoms with Gasteiger partial charge in [-0.25, -0.2) is 0 Å². The third-order valence-corrected chi connectivity index (χ3v) is 8.19. The van der Waals surface area contributed by atoms with Crippen molar-refractivity contribution in [1.29, 1.82) is 0 Å². The quantitative estimate of drug-likeness (QED) is 0.463. The molecule has 0 aromatic heterocycles. The first-order valence-corrected chi connectivity index (χ1v) is 11.2. The molecule has 31 heavy (non-hydrogen) atoms. The number of aliphatic hydroxyl groups excluding tert-OH is 2. The fraction of sp³-hybridized carbons (Fsp3) is 0.609. The van der Waals surface area contributed by atoms with Gasteiger partial charge in [-0.2, -0.15) is 0 Å². The standard InChI is InChI=1S/C23H28N2O6/c26-8-6-24-21(29)14-10-23(30)16-9-13-3-4-15(27)19-17(13)22(23,20(31-19)18(14)28)5-7-25(16)11-12-1-2-12/h3-4,12,16,20,26-28,30H,1-2,5-11H2,(H,24,29)/t16-,20+,22+,23-/m1/s1. The van der Waals surface area contributed by atoms with Crippen molar-refractivity contribution in [3.05, 3.63) is 34.6 Å². The van der Waals surface area contributed by atoms with E-state index in [-0.39, 0.29) is 42.7 Å². The van der Waals surface area contributed by atoms with Gasteiger partial charge in [0, 0.05) is 31.1 Å². The summed E-state index contributed by atoms with van der Waals surface area (Å²) in [5, 5.41) is 45.8. The molecule has 2 bridgehead atoms. The van der Waals surface area contributed by atoms with E-state index in [1.165, 1.54) is 12.8 Å². The number of carbonyl (C=O) groups excluding carboxylic acids is 1. The van der Waals surface area contributed by atoms with E-state index in [0.717, 1.165) is 24.2 Å². The van der Waals surface area contributed by atoms with Gasteiger partial charge in [0.25, 0.3) is 5.91 Å². The Hall–Kier alpha value is -2.29. The van der Waals surface area contributed by atoms with Gasteiger partial charge >= 0.3 is 0 Å². The van der Waals surface area contributed by atoms with Gasteiger partial charge in [0.1, 0.15) is 5.76 Å². The maximum atomic E-state index is 12.8. The van der Waals surface area contributed by atoms with Crippen LogP contribution in [0.1, 0.15) is 36.8 Å². The van der Waals surface area contributed by atoms with Crippen molar-refractivity contribution in [2.75, 3.05) is 26.2 Å². The van der Waals surface area contributed by atoms with Gasteiger partial charge in [0.05, 0.1) is 23.2 Å². The monoisotopic (exact) mass is 428 g/mol. The van der Waals surface area contributed by atoms with Crippen molar-refractivity contribution >= 4 is 5.91 Å². The lowest BCUT2D eigenvalue weighted by atomic mass is 9.49. The summed E-state index contributed by atoms with van der Waals surface area (Å²) in [4.78, 5) is 15.2. The van der Waals surface area contributed by atoms with E-state index >= 15 is 0 Å². The first-order valence-electron chi connectivity index (χ1n) is 11.2. The predicted molar refractivity (Wildman–Crippen MR) is 110 cm³/mol. The summed E-state index contributed by atoms with van der Waals surface area (Å²) in [5.74, 6) is 0.278. The van der Waals surface area contributed by atoms with Gasteiger partial charge in [-0.15, -0.1) is 0 Å². The number of amides is 1. The molecule has 4 atom stereocenters. The summed E-state index contributed by atoms with van der Waals surface area (Å²) < 4.78 is 6.13. The average molecular weight is 428 g/mol. The minimum Gasteiger partial charge on any atom is -0.508 e. The van der Waals surface area contributed by atoms with Gasteiger partial charge in [0.2, 0.25) is 0 Å². The van der Waals surface area contributed by atoms with E-state index in [1.54, 1.807) is 6.07 Å². The van der Waals surface area contributed by atoms with E-state index in [4.69, 9.17) is 9.84 Å². The maximum absolute atomic E-state index is 12.8. The Morgan fingerprint density at radius 2 is 2.10 bits per heavy atom. The number of nitrogens with zero attached hydrogens (tertiary/aromatic N) is 1. The lowest BCUT2D eigenvalue weighted by molar-refractivity contribution is -0.172. The van der Waals surface area contributed by atoms with E-state index < -0.39 is 23.0 Å². The highest BCUT2D eigenvalue weighted by Gasteiger charge is 2.73. The Bertz CT molecular complexity index is 1000. The molecular formula is C23H28N2O6. The maximum Gasteiger partial charge on any atom is 0.250 e. The number of likely N-dealkylation sites (tertiary alicyclic amines) is 1. The number of hydrogen-bond donors (Lipinski definition) is 5. The van der Waals surface area contributed by atoms with Crippen LogP contribution in [0.2, 0.25) is 0 Å².